The Bertz CT molecular complexity index is 1740. The van der Waals surface area contributed by atoms with E-state index in [-0.39, 0.29) is 29.6 Å². The van der Waals surface area contributed by atoms with E-state index in [1.165, 1.54) is 17.7 Å². The molecule has 7 heteroatoms. The van der Waals surface area contributed by atoms with Crippen molar-refractivity contribution in [2.24, 2.45) is 0 Å². The quantitative estimate of drug-likeness (QED) is 0.219. The summed E-state index contributed by atoms with van der Waals surface area (Å²) in [7, 11) is 1.56. The van der Waals surface area contributed by atoms with Crippen LogP contribution in [0.4, 0.5) is 4.39 Å². The zero-order valence-electron chi connectivity index (χ0n) is 22.4. The number of hydrogen-bond acceptors (Lipinski definition) is 3. The molecule has 1 fully saturated rings. The summed E-state index contributed by atoms with van der Waals surface area (Å²) in [6.45, 7) is 0. The van der Waals surface area contributed by atoms with Gasteiger partial charge in [-0.15, -0.1) is 0 Å². The van der Waals surface area contributed by atoms with Crippen molar-refractivity contribution in [2.45, 2.75) is 31.2 Å². The topological polar surface area (TPSA) is 71.3 Å². The van der Waals surface area contributed by atoms with Crippen LogP contribution in [0.5, 0.6) is 0 Å². The van der Waals surface area contributed by atoms with E-state index in [0.717, 1.165) is 30.4 Å². The molecule has 1 aromatic heterocycles. The molecule has 206 valence electrons. The van der Waals surface area contributed by atoms with Gasteiger partial charge in [0.15, 0.2) is 0 Å². The van der Waals surface area contributed by atoms with Gasteiger partial charge in [0, 0.05) is 40.5 Å². The average Bonchev–Trinajstić information content (AvgIpc) is 3.62. The third-order valence-electron chi connectivity index (χ3n) is 7.84. The van der Waals surface area contributed by atoms with Crippen LogP contribution >= 0.6 is 11.6 Å². The van der Waals surface area contributed by atoms with Crippen molar-refractivity contribution in [2.75, 3.05) is 7.05 Å². The van der Waals surface area contributed by atoms with Gasteiger partial charge in [-0.1, -0.05) is 48.4 Å². The maximum Gasteiger partial charge on any atom is 0.255 e. The molecule has 0 spiro atoms. The summed E-state index contributed by atoms with van der Waals surface area (Å²) in [6.07, 6.45) is 3.00. The summed E-state index contributed by atoms with van der Waals surface area (Å²) in [5.41, 5.74) is 4.94. The zero-order chi connectivity index (χ0) is 28.5. The first-order valence-electron chi connectivity index (χ1n) is 13.6. The molecule has 1 aliphatic rings. The van der Waals surface area contributed by atoms with Gasteiger partial charge in [0.05, 0.1) is 5.56 Å². The fraction of sp³-hybridized carbons (Fsp3) is 0.176. The minimum absolute atomic E-state index is 0.0506. The Labute approximate surface area is 242 Å². The number of benzene rings is 4. The van der Waals surface area contributed by atoms with Gasteiger partial charge in [-0.2, -0.15) is 0 Å². The number of hydrogen-bond donors (Lipinski definition) is 2. The molecular weight excluding hydrogens is 539 g/mol. The molecule has 2 amide bonds. The minimum atomic E-state index is -0.369. The molecular formula is C34H28ClFN2O3. The van der Waals surface area contributed by atoms with Crippen LogP contribution in [0, 0.1) is 5.82 Å². The summed E-state index contributed by atoms with van der Waals surface area (Å²) < 4.78 is 19.6. The summed E-state index contributed by atoms with van der Waals surface area (Å²) in [4.78, 5) is 26.3. The third-order valence-corrected chi connectivity index (χ3v) is 8.09. The molecule has 6 rings (SSSR count). The number of carbonyl (C=O) groups excluding carboxylic acids is 2. The number of halogens is 2. The van der Waals surface area contributed by atoms with E-state index in [4.69, 9.17) is 16.0 Å². The highest BCUT2D eigenvalue weighted by atomic mass is 35.5. The first-order valence-corrected chi connectivity index (χ1v) is 14.0. The minimum Gasteiger partial charge on any atom is -0.455 e. The molecule has 5 nitrogen and oxygen atoms in total. The van der Waals surface area contributed by atoms with Crippen molar-refractivity contribution in [1.82, 2.24) is 10.6 Å². The highest BCUT2D eigenvalue weighted by Gasteiger charge is 2.30. The largest absolute Gasteiger partial charge is 0.455 e. The second-order valence-corrected chi connectivity index (χ2v) is 10.8. The van der Waals surface area contributed by atoms with Crippen molar-refractivity contribution >= 4 is 34.4 Å². The van der Waals surface area contributed by atoms with E-state index in [0.29, 0.717) is 38.4 Å². The van der Waals surface area contributed by atoms with Crippen LogP contribution in [-0.4, -0.2) is 24.9 Å². The third kappa shape index (κ3) is 5.35. The van der Waals surface area contributed by atoms with Crippen LogP contribution in [0.1, 0.15) is 51.5 Å². The molecule has 0 bridgehead atoms. The van der Waals surface area contributed by atoms with Crippen LogP contribution in [-0.2, 0) is 0 Å². The molecule has 0 saturated heterocycles. The second-order valence-electron chi connectivity index (χ2n) is 10.4. The van der Waals surface area contributed by atoms with E-state index in [9.17, 15) is 14.0 Å². The van der Waals surface area contributed by atoms with Gasteiger partial charge >= 0.3 is 0 Å². The zero-order valence-corrected chi connectivity index (χ0v) is 23.2. The number of carbonyl (C=O) groups is 2. The lowest BCUT2D eigenvalue weighted by Crippen LogP contribution is -2.36. The molecule has 2 N–H and O–H groups in total. The van der Waals surface area contributed by atoms with E-state index in [1.54, 1.807) is 19.2 Å². The lowest BCUT2D eigenvalue weighted by atomic mass is 9.93. The predicted molar refractivity (Wildman–Crippen MR) is 160 cm³/mol. The van der Waals surface area contributed by atoms with Gasteiger partial charge in [0.1, 0.15) is 17.2 Å². The fourth-order valence-electron chi connectivity index (χ4n) is 5.77. The van der Waals surface area contributed by atoms with Gasteiger partial charge < -0.3 is 15.1 Å². The van der Waals surface area contributed by atoms with E-state index in [2.05, 4.69) is 10.6 Å². The van der Waals surface area contributed by atoms with Gasteiger partial charge in [0.25, 0.3) is 11.8 Å². The first-order chi connectivity index (χ1) is 19.9. The second kappa shape index (κ2) is 11.2. The normalized spacial score (nSPS) is 16.6. The van der Waals surface area contributed by atoms with Crippen LogP contribution in [0.25, 0.3) is 33.4 Å². The average molecular weight is 567 g/mol. The molecule has 1 aliphatic carbocycles. The molecule has 2 atom stereocenters. The Hall–Kier alpha value is -4.42. The molecule has 1 heterocycles. The number of amides is 2. The predicted octanol–water partition coefficient (Wildman–Crippen LogP) is 7.99. The molecule has 4 aromatic carbocycles. The van der Waals surface area contributed by atoms with Gasteiger partial charge in [-0.05, 0) is 90.2 Å². The summed E-state index contributed by atoms with van der Waals surface area (Å²) in [5, 5.41) is 7.27. The molecule has 0 aliphatic heterocycles. The Morgan fingerprint density at radius 2 is 1.59 bits per heavy atom. The molecule has 0 unspecified atom stereocenters. The van der Waals surface area contributed by atoms with E-state index < -0.39 is 0 Å². The molecule has 0 radical (unpaired) electrons. The standard InChI is InChI=1S/C34H28ClFN2O3/c1-37-34(40)31-28-19-23(12-17-30(28)41-32(31)21-10-15-26(36)16-11-21)22-4-2-5-24(18-22)33(39)38-29-7-3-6-27(29)20-8-13-25(35)14-9-20/h2,4-5,8-19,27,29H,3,6-7H2,1H3,(H,37,40)(H,38,39)/t27-,29-/m1/s1. The van der Waals surface area contributed by atoms with Crippen LogP contribution in [0.2, 0.25) is 5.02 Å². The maximum atomic E-state index is 13.5. The van der Waals surface area contributed by atoms with Crippen LogP contribution < -0.4 is 10.6 Å². The monoisotopic (exact) mass is 566 g/mol. The van der Waals surface area contributed by atoms with E-state index >= 15 is 0 Å². The maximum absolute atomic E-state index is 13.5. The van der Waals surface area contributed by atoms with Gasteiger partial charge in [-0.3, -0.25) is 9.59 Å². The fourth-order valence-corrected chi connectivity index (χ4v) is 5.89. The van der Waals surface area contributed by atoms with Crippen molar-refractivity contribution in [3.05, 3.63) is 119 Å². The smallest absolute Gasteiger partial charge is 0.255 e. The Morgan fingerprint density at radius 3 is 2.34 bits per heavy atom. The van der Waals surface area contributed by atoms with Crippen LogP contribution in [0.15, 0.2) is 95.4 Å². The summed E-state index contributed by atoms with van der Waals surface area (Å²) >= 11 is 6.08. The Balaban J connectivity index is 1.30. The number of fused-ring (bicyclic) bond motifs is 1. The number of nitrogens with one attached hydrogen (secondary N) is 2. The number of rotatable bonds is 6. The van der Waals surface area contributed by atoms with E-state index in [1.807, 2.05) is 66.7 Å². The van der Waals surface area contributed by atoms with Gasteiger partial charge in [0.2, 0.25) is 0 Å². The van der Waals surface area contributed by atoms with Crippen molar-refractivity contribution in [3.8, 4) is 22.5 Å². The number of furan rings is 1. The SMILES string of the molecule is CNC(=O)c1c(-c2ccc(F)cc2)oc2ccc(-c3cccc(C(=O)N[C@@H]4CCC[C@@H]4c4ccc(Cl)cc4)c3)cc12. The highest BCUT2D eigenvalue weighted by Crippen LogP contribution is 2.37. The summed E-state index contributed by atoms with van der Waals surface area (Å²) in [5.74, 6) is -0.171. The summed E-state index contributed by atoms with van der Waals surface area (Å²) in [6, 6.07) is 26.8. The van der Waals surface area contributed by atoms with Crippen molar-refractivity contribution < 1.29 is 18.4 Å². The lowest BCUT2D eigenvalue weighted by molar-refractivity contribution is 0.0932. The van der Waals surface area contributed by atoms with Crippen LogP contribution in [0.3, 0.4) is 0 Å². The highest BCUT2D eigenvalue weighted by molar-refractivity contribution is 6.30. The lowest BCUT2D eigenvalue weighted by Gasteiger charge is -2.22. The molecule has 1 saturated carbocycles. The molecule has 41 heavy (non-hydrogen) atoms. The Kier molecular flexibility index (Phi) is 7.33. The van der Waals surface area contributed by atoms with Crippen molar-refractivity contribution in [3.63, 3.8) is 0 Å². The Morgan fingerprint density at radius 1 is 0.854 bits per heavy atom. The molecule has 5 aromatic rings. The van der Waals surface area contributed by atoms with Gasteiger partial charge in [-0.25, -0.2) is 4.39 Å². The first kappa shape index (κ1) is 26.8. The van der Waals surface area contributed by atoms with Crippen molar-refractivity contribution in [1.29, 1.82) is 0 Å².